The first-order valence-corrected chi connectivity index (χ1v) is 11.7. The van der Waals surface area contributed by atoms with Crippen molar-refractivity contribution in [3.05, 3.63) is 29.8 Å². The van der Waals surface area contributed by atoms with E-state index in [1.165, 1.54) is 0 Å². The minimum absolute atomic E-state index is 0.174. The van der Waals surface area contributed by atoms with Gasteiger partial charge in [-0.25, -0.2) is 10.0 Å². The number of esters is 4. The molecule has 15 heteroatoms. The maximum absolute atomic E-state index is 12.9. The molecule has 14 nitrogen and oxygen atoms in total. The highest BCUT2D eigenvalue weighted by Crippen LogP contribution is 2.31. The Balaban J connectivity index is 2.05. The van der Waals surface area contributed by atoms with Crippen molar-refractivity contribution >= 4 is 58.5 Å². The van der Waals surface area contributed by atoms with Crippen molar-refractivity contribution in [1.82, 2.24) is 10.4 Å². The predicted octanol–water partition coefficient (Wildman–Crippen LogP) is 0.0462. The van der Waals surface area contributed by atoms with E-state index < -0.39 is 66.9 Å². The molecule has 2 heterocycles. The molecule has 0 saturated carbocycles. The van der Waals surface area contributed by atoms with E-state index in [1.807, 2.05) is 0 Å². The number of hydrazine groups is 1. The fraction of sp³-hybridized carbons (Fsp3) is 0.435. The van der Waals surface area contributed by atoms with Gasteiger partial charge in [0, 0.05) is 27.7 Å². The Morgan fingerprint density at radius 2 is 1.55 bits per heavy atom. The lowest BCUT2D eigenvalue weighted by Crippen LogP contribution is -2.70. The third kappa shape index (κ3) is 6.60. The summed E-state index contributed by atoms with van der Waals surface area (Å²) in [6.07, 6.45) is -7.06. The van der Waals surface area contributed by atoms with Gasteiger partial charge in [-0.3, -0.25) is 29.4 Å². The van der Waals surface area contributed by atoms with Gasteiger partial charge < -0.3 is 29.4 Å². The van der Waals surface area contributed by atoms with E-state index >= 15 is 0 Å². The summed E-state index contributed by atoms with van der Waals surface area (Å²) in [7, 11) is 0. The van der Waals surface area contributed by atoms with Gasteiger partial charge in [-0.2, -0.15) is 0 Å². The second kappa shape index (κ2) is 12.0. The van der Waals surface area contributed by atoms with Crippen molar-refractivity contribution in [3.63, 3.8) is 0 Å². The summed E-state index contributed by atoms with van der Waals surface area (Å²) in [5.41, 5.74) is 9.36. The van der Waals surface area contributed by atoms with Gasteiger partial charge in [-0.05, 0) is 24.4 Å². The number of carbonyl (C=O) groups is 5. The first-order valence-electron chi connectivity index (χ1n) is 11.3. The molecule has 3 rings (SSSR count). The van der Waals surface area contributed by atoms with E-state index in [9.17, 15) is 24.0 Å². The Labute approximate surface area is 222 Å². The van der Waals surface area contributed by atoms with Gasteiger partial charge >= 0.3 is 23.9 Å². The average molecular weight is 551 g/mol. The van der Waals surface area contributed by atoms with Crippen LogP contribution in [0.3, 0.4) is 0 Å². The number of hydrogen-bond acceptors (Lipinski definition) is 13. The zero-order chi connectivity index (χ0) is 28.1. The maximum atomic E-state index is 12.9. The molecular weight excluding hydrogens is 524 g/mol. The number of nitrogens with one attached hydrogen (secondary N) is 1. The van der Waals surface area contributed by atoms with Crippen LogP contribution in [-0.4, -0.2) is 82.9 Å². The van der Waals surface area contributed by atoms with Crippen LogP contribution < -0.4 is 11.2 Å². The van der Waals surface area contributed by atoms with Crippen molar-refractivity contribution in [2.75, 3.05) is 6.61 Å². The second-order valence-electron chi connectivity index (χ2n) is 8.22. The van der Waals surface area contributed by atoms with Gasteiger partial charge in [0.1, 0.15) is 12.7 Å². The fourth-order valence-corrected chi connectivity index (χ4v) is 4.06. The van der Waals surface area contributed by atoms with Crippen LogP contribution in [0.2, 0.25) is 0 Å². The number of Topliss-reactive ketones (excluding diaryl/α,β-unsaturated/α-hetero) is 1. The number of amidine groups is 1. The van der Waals surface area contributed by atoms with Crippen molar-refractivity contribution in [1.29, 1.82) is 0 Å². The van der Waals surface area contributed by atoms with Crippen molar-refractivity contribution in [3.8, 4) is 0 Å². The summed E-state index contributed by atoms with van der Waals surface area (Å²) in [6, 6.07) is 6.57. The van der Waals surface area contributed by atoms with Crippen molar-refractivity contribution in [2.24, 2.45) is 10.7 Å². The zero-order valence-corrected chi connectivity index (χ0v) is 21.7. The third-order valence-corrected chi connectivity index (χ3v) is 5.48. The number of rotatable bonds is 6. The molecule has 1 saturated heterocycles. The number of carbonyl (C=O) groups excluding carboxylic acids is 5. The lowest BCUT2D eigenvalue weighted by molar-refractivity contribution is -0.273. The predicted molar refractivity (Wildman–Crippen MR) is 132 cm³/mol. The molecule has 3 N–H and O–H groups in total. The molecule has 1 aromatic rings. The monoisotopic (exact) mass is 550 g/mol. The highest BCUT2D eigenvalue weighted by molar-refractivity contribution is 7.80. The van der Waals surface area contributed by atoms with Crippen LogP contribution >= 0.6 is 12.2 Å². The number of ketones is 1. The quantitative estimate of drug-likeness (QED) is 0.209. The van der Waals surface area contributed by atoms with Crippen LogP contribution in [0, 0.1) is 0 Å². The van der Waals surface area contributed by atoms with Crippen LogP contribution in [0.1, 0.15) is 38.1 Å². The van der Waals surface area contributed by atoms with E-state index in [-0.39, 0.29) is 10.9 Å². The van der Waals surface area contributed by atoms with Crippen LogP contribution in [0.25, 0.3) is 0 Å². The second-order valence-corrected chi connectivity index (χ2v) is 8.63. The Bertz CT molecular complexity index is 1190. The molecule has 0 aliphatic carbocycles. The Morgan fingerprint density at radius 3 is 2.11 bits per heavy atom. The number of fused-ring (bicyclic) bond motifs is 1. The molecule has 0 bridgehead atoms. The molecule has 1 aromatic carbocycles. The minimum Gasteiger partial charge on any atom is -0.463 e. The first kappa shape index (κ1) is 28.5. The largest absolute Gasteiger partial charge is 0.463 e. The fourth-order valence-electron chi connectivity index (χ4n) is 3.91. The van der Waals surface area contributed by atoms with Gasteiger partial charge in [-0.15, -0.1) is 0 Å². The Hall–Kier alpha value is -4.11. The van der Waals surface area contributed by atoms with Gasteiger partial charge in [0.15, 0.2) is 35.5 Å². The highest BCUT2D eigenvalue weighted by atomic mass is 32.1. The molecule has 2 aliphatic heterocycles. The zero-order valence-electron chi connectivity index (χ0n) is 20.9. The Kier molecular flexibility index (Phi) is 8.96. The molecule has 0 amide bonds. The van der Waals surface area contributed by atoms with E-state index in [1.54, 1.807) is 24.3 Å². The number of para-hydroxylation sites is 1. The number of thiocarbonyl (C=S) groups is 1. The molecule has 38 heavy (non-hydrogen) atoms. The number of aliphatic imine (C=N–C) groups is 1. The molecule has 0 unspecified atom stereocenters. The van der Waals surface area contributed by atoms with Crippen LogP contribution in [0.5, 0.6) is 0 Å². The van der Waals surface area contributed by atoms with E-state index in [2.05, 4.69) is 10.4 Å². The van der Waals surface area contributed by atoms with E-state index in [4.69, 9.17) is 41.6 Å². The number of benzene rings is 1. The van der Waals surface area contributed by atoms with E-state index in [0.29, 0.717) is 11.3 Å². The molecule has 204 valence electrons. The standard InChI is InChI=1S/C23H26N4O10S/c1-10(28)33-9-16-18(34-11(2)29)19(35-12(3)30)20(36-13(4)31)22(37-16)27(23(24)38)26-21-17(32)14-7-5-6-8-15(14)25-21/h5-8,16,18-20,22H,9H2,1-4H3,(H2,24,38)(H,25,26,32)/t16-,18+,19+,20-,22-/m1/s1. The van der Waals surface area contributed by atoms with E-state index in [0.717, 1.165) is 32.7 Å². The topological polar surface area (TPSA) is 185 Å². The number of hydrogen-bond donors (Lipinski definition) is 2. The number of nitrogens with two attached hydrogens (primary N) is 1. The third-order valence-electron chi connectivity index (χ3n) is 5.28. The molecule has 0 radical (unpaired) electrons. The van der Waals surface area contributed by atoms with Crippen LogP contribution in [0.4, 0.5) is 5.69 Å². The van der Waals surface area contributed by atoms with Crippen molar-refractivity contribution in [2.45, 2.75) is 58.3 Å². The van der Waals surface area contributed by atoms with Gasteiger partial charge in [0.05, 0.1) is 11.3 Å². The summed E-state index contributed by atoms with van der Waals surface area (Å²) < 4.78 is 27.3. The summed E-state index contributed by atoms with van der Waals surface area (Å²) in [5.74, 6) is -3.73. The van der Waals surface area contributed by atoms with Crippen LogP contribution in [-0.2, 0) is 42.9 Å². The average Bonchev–Trinajstić information content (AvgIpc) is 3.13. The molecule has 0 spiro atoms. The van der Waals surface area contributed by atoms with Gasteiger partial charge in [-0.1, -0.05) is 12.1 Å². The highest BCUT2D eigenvalue weighted by Gasteiger charge is 2.54. The lowest BCUT2D eigenvalue weighted by Gasteiger charge is -2.47. The molecule has 5 atom stereocenters. The summed E-state index contributed by atoms with van der Waals surface area (Å²) in [6.45, 7) is 3.98. The normalized spacial score (nSPS) is 23.8. The number of ether oxygens (including phenoxy) is 5. The SMILES string of the molecule is CC(=O)OC[C@H]1O[C@@H](N(NC2=Nc3ccccc3C2=O)C(N)=S)[C@H](OC(C)=O)[C@@H](OC(C)=O)[C@H]1OC(C)=O. The molecule has 0 aromatic heterocycles. The lowest BCUT2D eigenvalue weighted by atomic mass is 9.97. The summed E-state index contributed by atoms with van der Waals surface area (Å²) in [4.78, 5) is 64.7. The maximum Gasteiger partial charge on any atom is 0.303 e. The van der Waals surface area contributed by atoms with Crippen LogP contribution in [0.15, 0.2) is 29.3 Å². The molecule has 2 aliphatic rings. The molecule has 1 fully saturated rings. The minimum atomic E-state index is -1.50. The van der Waals surface area contributed by atoms with Gasteiger partial charge in [0.2, 0.25) is 5.78 Å². The van der Waals surface area contributed by atoms with Crippen molar-refractivity contribution < 1.29 is 47.7 Å². The number of nitrogens with zero attached hydrogens (tertiary/aromatic N) is 2. The molecular formula is C23H26N4O10S. The first-order chi connectivity index (χ1) is 17.9. The Morgan fingerprint density at radius 1 is 0.974 bits per heavy atom. The summed E-state index contributed by atoms with van der Waals surface area (Å²) >= 11 is 5.17. The smallest absolute Gasteiger partial charge is 0.303 e. The van der Waals surface area contributed by atoms with Gasteiger partial charge in [0.25, 0.3) is 0 Å². The summed E-state index contributed by atoms with van der Waals surface area (Å²) in [5, 5.41) is 0.602.